The van der Waals surface area contributed by atoms with Gasteiger partial charge in [-0.2, -0.15) is 0 Å². The van der Waals surface area contributed by atoms with Crippen molar-refractivity contribution >= 4 is 28.9 Å². The molecule has 0 spiro atoms. The summed E-state index contributed by atoms with van der Waals surface area (Å²) >= 11 is 5.83. The first-order chi connectivity index (χ1) is 9.13. The summed E-state index contributed by atoms with van der Waals surface area (Å²) in [5.41, 5.74) is 1.18. The Balaban J connectivity index is 1.88. The van der Waals surface area contributed by atoms with Crippen molar-refractivity contribution in [1.29, 1.82) is 0 Å². The topological polar surface area (TPSA) is 41.1 Å². The van der Waals surface area contributed by atoms with Crippen molar-refractivity contribution in [3.05, 3.63) is 59.4 Å². The van der Waals surface area contributed by atoms with Crippen molar-refractivity contribution in [2.24, 2.45) is 0 Å². The molecule has 0 radical (unpaired) electrons. The third kappa shape index (κ3) is 4.26. The Labute approximate surface area is 115 Å². The molecular weight excluding hydrogens is 267 g/mol. The van der Waals surface area contributed by atoms with E-state index in [9.17, 15) is 9.18 Å². The maximum Gasteiger partial charge on any atom is 0.243 e. The van der Waals surface area contributed by atoms with E-state index in [0.717, 1.165) is 5.69 Å². The van der Waals surface area contributed by atoms with Crippen LogP contribution in [-0.2, 0) is 4.79 Å². The number of amides is 1. The first-order valence-electron chi connectivity index (χ1n) is 5.68. The summed E-state index contributed by atoms with van der Waals surface area (Å²) in [6, 6.07) is 12.8. The molecule has 0 unspecified atom stereocenters. The van der Waals surface area contributed by atoms with Crippen LogP contribution in [0.3, 0.4) is 0 Å². The van der Waals surface area contributed by atoms with E-state index in [1.54, 1.807) is 30.3 Å². The van der Waals surface area contributed by atoms with Crippen LogP contribution < -0.4 is 10.6 Å². The molecule has 0 atom stereocenters. The number of nitrogens with one attached hydrogen (secondary N) is 2. The Morgan fingerprint density at radius 3 is 2.58 bits per heavy atom. The lowest BCUT2D eigenvalue weighted by Crippen LogP contribution is -2.21. The number of carbonyl (C=O) groups excluding carboxylic acids is 1. The molecule has 2 N–H and O–H groups in total. The van der Waals surface area contributed by atoms with Gasteiger partial charge >= 0.3 is 0 Å². The zero-order valence-electron chi connectivity index (χ0n) is 9.99. The number of halogens is 2. The lowest BCUT2D eigenvalue weighted by Gasteiger charge is -2.08. The van der Waals surface area contributed by atoms with Crippen molar-refractivity contribution in [2.75, 3.05) is 17.2 Å². The molecule has 2 aromatic carbocycles. The SMILES string of the molecule is O=C(CNc1cccc(Cl)c1)Nc1cccc(F)c1. The van der Waals surface area contributed by atoms with Gasteiger partial charge in [0, 0.05) is 16.4 Å². The van der Waals surface area contributed by atoms with Gasteiger partial charge in [-0.25, -0.2) is 4.39 Å². The average Bonchev–Trinajstić information content (AvgIpc) is 2.36. The Hall–Kier alpha value is -2.07. The monoisotopic (exact) mass is 278 g/mol. The quantitative estimate of drug-likeness (QED) is 0.898. The first-order valence-corrected chi connectivity index (χ1v) is 6.06. The van der Waals surface area contributed by atoms with E-state index in [1.807, 2.05) is 0 Å². The Morgan fingerprint density at radius 1 is 1.11 bits per heavy atom. The molecule has 0 fully saturated rings. The molecule has 0 aromatic heterocycles. The summed E-state index contributed by atoms with van der Waals surface area (Å²) in [5, 5.41) is 6.12. The third-order valence-electron chi connectivity index (χ3n) is 2.39. The fourth-order valence-electron chi connectivity index (χ4n) is 1.55. The minimum absolute atomic E-state index is 0.0802. The lowest BCUT2D eigenvalue weighted by atomic mass is 10.3. The molecule has 0 saturated heterocycles. The molecule has 0 saturated carbocycles. The summed E-state index contributed by atoms with van der Waals surface area (Å²) < 4.78 is 12.9. The molecule has 0 aliphatic heterocycles. The first kappa shape index (κ1) is 13.4. The Morgan fingerprint density at radius 2 is 1.84 bits per heavy atom. The van der Waals surface area contributed by atoms with Crippen molar-refractivity contribution < 1.29 is 9.18 Å². The zero-order chi connectivity index (χ0) is 13.7. The van der Waals surface area contributed by atoms with E-state index in [2.05, 4.69) is 10.6 Å². The Kier molecular flexibility index (Phi) is 4.36. The molecule has 5 heteroatoms. The summed E-state index contributed by atoms with van der Waals surface area (Å²) in [7, 11) is 0. The number of rotatable bonds is 4. The van der Waals surface area contributed by atoms with E-state index in [1.165, 1.54) is 18.2 Å². The van der Waals surface area contributed by atoms with E-state index < -0.39 is 0 Å². The van der Waals surface area contributed by atoms with E-state index in [-0.39, 0.29) is 18.3 Å². The van der Waals surface area contributed by atoms with Gasteiger partial charge in [0.15, 0.2) is 0 Å². The summed E-state index contributed by atoms with van der Waals surface area (Å²) in [6.45, 7) is 0.0802. The predicted molar refractivity (Wildman–Crippen MR) is 75.0 cm³/mol. The highest BCUT2D eigenvalue weighted by Gasteiger charge is 2.03. The predicted octanol–water partition coefficient (Wildman–Crippen LogP) is 3.53. The number of hydrogen-bond acceptors (Lipinski definition) is 2. The van der Waals surface area contributed by atoms with Crippen LogP contribution in [0.5, 0.6) is 0 Å². The normalized spacial score (nSPS) is 10.0. The summed E-state index contributed by atoms with van der Waals surface area (Å²) in [5.74, 6) is -0.647. The van der Waals surface area contributed by atoms with Crippen LogP contribution in [0.25, 0.3) is 0 Å². The van der Waals surface area contributed by atoms with Crippen LogP contribution in [0, 0.1) is 5.82 Å². The molecule has 2 aromatic rings. The minimum atomic E-state index is -0.388. The van der Waals surface area contributed by atoms with Crippen LogP contribution in [-0.4, -0.2) is 12.5 Å². The van der Waals surface area contributed by atoms with Crippen molar-refractivity contribution in [2.45, 2.75) is 0 Å². The number of benzene rings is 2. The number of hydrogen-bond donors (Lipinski definition) is 2. The summed E-state index contributed by atoms with van der Waals surface area (Å²) in [4.78, 5) is 11.7. The van der Waals surface area contributed by atoms with Crippen molar-refractivity contribution in [3.63, 3.8) is 0 Å². The third-order valence-corrected chi connectivity index (χ3v) is 2.62. The van der Waals surface area contributed by atoms with Gasteiger partial charge in [-0.05, 0) is 36.4 Å². The second-order valence-electron chi connectivity index (χ2n) is 3.92. The van der Waals surface area contributed by atoms with Crippen molar-refractivity contribution in [1.82, 2.24) is 0 Å². The van der Waals surface area contributed by atoms with Gasteiger partial charge in [0.1, 0.15) is 5.82 Å². The fraction of sp³-hybridized carbons (Fsp3) is 0.0714. The molecule has 0 aliphatic rings. The highest BCUT2D eigenvalue weighted by atomic mass is 35.5. The van der Waals surface area contributed by atoms with E-state index in [4.69, 9.17) is 11.6 Å². The maximum atomic E-state index is 12.9. The van der Waals surface area contributed by atoms with Gasteiger partial charge in [-0.15, -0.1) is 0 Å². The Bertz CT molecular complexity index is 589. The van der Waals surface area contributed by atoms with Crippen molar-refractivity contribution in [3.8, 4) is 0 Å². The highest BCUT2D eigenvalue weighted by Crippen LogP contribution is 2.14. The molecule has 2 rings (SSSR count). The minimum Gasteiger partial charge on any atom is -0.376 e. The van der Waals surface area contributed by atoms with Crippen LogP contribution in [0.15, 0.2) is 48.5 Å². The number of carbonyl (C=O) groups is 1. The van der Waals surface area contributed by atoms with E-state index in [0.29, 0.717) is 10.7 Å². The smallest absolute Gasteiger partial charge is 0.243 e. The number of anilines is 2. The molecule has 0 aliphatic carbocycles. The molecule has 1 amide bonds. The molecular formula is C14H12ClFN2O. The highest BCUT2D eigenvalue weighted by molar-refractivity contribution is 6.30. The second-order valence-corrected chi connectivity index (χ2v) is 4.36. The average molecular weight is 279 g/mol. The van der Waals surface area contributed by atoms with Gasteiger partial charge < -0.3 is 10.6 Å². The van der Waals surface area contributed by atoms with Crippen LogP contribution >= 0.6 is 11.6 Å². The fourth-order valence-corrected chi connectivity index (χ4v) is 1.74. The van der Waals surface area contributed by atoms with Gasteiger partial charge in [0.25, 0.3) is 0 Å². The molecule has 98 valence electrons. The molecule has 19 heavy (non-hydrogen) atoms. The molecule has 3 nitrogen and oxygen atoms in total. The van der Waals surface area contributed by atoms with Gasteiger partial charge in [0.05, 0.1) is 6.54 Å². The van der Waals surface area contributed by atoms with Gasteiger partial charge in [-0.3, -0.25) is 4.79 Å². The van der Waals surface area contributed by atoms with Gasteiger partial charge in [-0.1, -0.05) is 23.7 Å². The lowest BCUT2D eigenvalue weighted by molar-refractivity contribution is -0.114. The van der Waals surface area contributed by atoms with Crippen LogP contribution in [0.4, 0.5) is 15.8 Å². The standard InChI is InChI=1S/C14H12ClFN2O/c15-10-3-1-5-12(7-10)17-9-14(19)18-13-6-2-4-11(16)8-13/h1-8,17H,9H2,(H,18,19). The maximum absolute atomic E-state index is 12.9. The van der Waals surface area contributed by atoms with Crippen LogP contribution in [0.1, 0.15) is 0 Å². The van der Waals surface area contributed by atoms with Crippen LogP contribution in [0.2, 0.25) is 5.02 Å². The van der Waals surface area contributed by atoms with E-state index >= 15 is 0 Å². The second kappa shape index (κ2) is 6.20. The molecule has 0 bridgehead atoms. The largest absolute Gasteiger partial charge is 0.376 e. The summed E-state index contributed by atoms with van der Waals surface area (Å²) in [6.07, 6.45) is 0. The molecule has 0 heterocycles. The zero-order valence-corrected chi connectivity index (χ0v) is 10.7. The van der Waals surface area contributed by atoms with Gasteiger partial charge in [0.2, 0.25) is 5.91 Å².